The summed E-state index contributed by atoms with van der Waals surface area (Å²) < 4.78 is 0. The summed E-state index contributed by atoms with van der Waals surface area (Å²) in [7, 11) is 0. The minimum atomic E-state index is -0.159. The summed E-state index contributed by atoms with van der Waals surface area (Å²) in [4.78, 5) is 2.58. The van der Waals surface area contributed by atoms with Crippen molar-refractivity contribution in [3.63, 3.8) is 0 Å². The molecule has 122 valence electrons. The Morgan fingerprint density at radius 2 is 1.75 bits per heavy atom. The minimum absolute atomic E-state index is 0.159. The number of unbranched alkanes of at least 4 members (excludes halogenated alkanes) is 2. The van der Waals surface area contributed by atoms with Crippen LogP contribution in [-0.2, 0) is 0 Å². The highest BCUT2D eigenvalue weighted by Crippen LogP contribution is 2.19. The van der Waals surface area contributed by atoms with Crippen LogP contribution in [0, 0.1) is 0 Å². The lowest BCUT2D eigenvalue weighted by Crippen LogP contribution is -2.52. The maximum absolute atomic E-state index is 9.71. The standard InChI is InChI=1S/C17H38N2O/c1-7-9-10-12-19(15(3)4)16(5)13-17(6,14-20)18-11-8-2/h15-16,18,20H,7-14H2,1-6H3. The Hall–Kier alpha value is -0.120. The Morgan fingerprint density at radius 3 is 2.20 bits per heavy atom. The first kappa shape index (κ1) is 19.9. The summed E-state index contributed by atoms with van der Waals surface area (Å²) in [5.74, 6) is 0. The number of hydrogen-bond donors (Lipinski definition) is 2. The molecule has 0 bridgehead atoms. The molecule has 0 fully saturated rings. The van der Waals surface area contributed by atoms with Crippen LogP contribution in [-0.4, -0.2) is 47.3 Å². The molecule has 0 saturated carbocycles. The van der Waals surface area contributed by atoms with Crippen LogP contribution in [0.1, 0.15) is 73.6 Å². The first-order chi connectivity index (χ1) is 9.40. The molecule has 0 aliphatic carbocycles. The zero-order valence-electron chi connectivity index (χ0n) is 14.7. The maximum atomic E-state index is 9.71. The summed E-state index contributed by atoms with van der Waals surface area (Å²) in [6.45, 7) is 15.8. The van der Waals surface area contributed by atoms with Crippen LogP contribution < -0.4 is 5.32 Å². The van der Waals surface area contributed by atoms with E-state index in [1.165, 1.54) is 25.8 Å². The highest BCUT2D eigenvalue weighted by atomic mass is 16.3. The zero-order chi connectivity index (χ0) is 15.6. The molecule has 3 heteroatoms. The van der Waals surface area contributed by atoms with E-state index < -0.39 is 0 Å². The second-order valence-electron chi connectivity index (χ2n) is 6.74. The van der Waals surface area contributed by atoms with E-state index in [4.69, 9.17) is 0 Å². The van der Waals surface area contributed by atoms with Crippen LogP contribution in [0.4, 0.5) is 0 Å². The SMILES string of the molecule is CCCCCN(C(C)C)C(C)CC(C)(CO)NCCC. The lowest BCUT2D eigenvalue weighted by atomic mass is 9.92. The third-order valence-corrected chi connectivity index (χ3v) is 4.15. The van der Waals surface area contributed by atoms with Crippen LogP contribution in [0.2, 0.25) is 0 Å². The molecular formula is C17H38N2O. The molecule has 20 heavy (non-hydrogen) atoms. The van der Waals surface area contributed by atoms with Crippen LogP contribution >= 0.6 is 0 Å². The Kier molecular flexibility index (Phi) is 10.5. The molecule has 0 aromatic carbocycles. The molecule has 2 N–H and O–H groups in total. The van der Waals surface area contributed by atoms with E-state index in [1.807, 2.05) is 0 Å². The van der Waals surface area contributed by atoms with Crippen LogP contribution in [0.3, 0.4) is 0 Å². The number of nitrogens with one attached hydrogen (secondary N) is 1. The van der Waals surface area contributed by atoms with E-state index in [9.17, 15) is 5.11 Å². The van der Waals surface area contributed by atoms with Crippen molar-refractivity contribution in [1.29, 1.82) is 0 Å². The second-order valence-corrected chi connectivity index (χ2v) is 6.74. The molecule has 0 aromatic heterocycles. The highest BCUT2D eigenvalue weighted by Gasteiger charge is 2.28. The maximum Gasteiger partial charge on any atom is 0.0611 e. The third kappa shape index (κ3) is 7.61. The number of nitrogens with zero attached hydrogens (tertiary/aromatic N) is 1. The molecule has 0 aliphatic rings. The average Bonchev–Trinajstić information content (AvgIpc) is 2.40. The molecule has 2 atom stereocenters. The molecule has 0 saturated heterocycles. The summed E-state index contributed by atoms with van der Waals surface area (Å²) in [6.07, 6.45) is 5.95. The monoisotopic (exact) mass is 286 g/mol. The van der Waals surface area contributed by atoms with Gasteiger partial charge < -0.3 is 10.4 Å². The summed E-state index contributed by atoms with van der Waals surface area (Å²) in [5, 5.41) is 13.2. The molecule has 0 radical (unpaired) electrons. The van der Waals surface area contributed by atoms with Crippen molar-refractivity contribution in [3.05, 3.63) is 0 Å². The number of hydrogen-bond acceptors (Lipinski definition) is 3. The topological polar surface area (TPSA) is 35.5 Å². The molecule has 0 rings (SSSR count). The number of aliphatic hydroxyl groups excluding tert-OH is 1. The third-order valence-electron chi connectivity index (χ3n) is 4.15. The first-order valence-electron chi connectivity index (χ1n) is 8.51. The second kappa shape index (κ2) is 10.6. The molecule has 0 aliphatic heterocycles. The van der Waals surface area contributed by atoms with E-state index in [0.717, 1.165) is 19.4 Å². The lowest BCUT2D eigenvalue weighted by molar-refractivity contribution is 0.0955. The van der Waals surface area contributed by atoms with Crippen molar-refractivity contribution in [2.24, 2.45) is 0 Å². The summed E-state index contributed by atoms with van der Waals surface area (Å²) in [5.41, 5.74) is -0.159. The van der Waals surface area contributed by atoms with Crippen LogP contribution in [0.25, 0.3) is 0 Å². The summed E-state index contributed by atoms with van der Waals surface area (Å²) >= 11 is 0. The Bertz CT molecular complexity index is 233. The van der Waals surface area contributed by atoms with E-state index in [-0.39, 0.29) is 12.1 Å². The van der Waals surface area contributed by atoms with E-state index in [1.54, 1.807) is 0 Å². The normalized spacial score (nSPS) is 16.6. The van der Waals surface area contributed by atoms with Crippen molar-refractivity contribution in [2.45, 2.75) is 91.3 Å². The van der Waals surface area contributed by atoms with E-state index in [0.29, 0.717) is 12.1 Å². The van der Waals surface area contributed by atoms with Gasteiger partial charge >= 0.3 is 0 Å². The van der Waals surface area contributed by atoms with Gasteiger partial charge in [-0.25, -0.2) is 0 Å². The zero-order valence-corrected chi connectivity index (χ0v) is 14.7. The van der Waals surface area contributed by atoms with Gasteiger partial charge in [-0.2, -0.15) is 0 Å². The molecule has 0 aromatic rings. The van der Waals surface area contributed by atoms with Crippen LogP contribution in [0.5, 0.6) is 0 Å². The van der Waals surface area contributed by atoms with Gasteiger partial charge in [0.1, 0.15) is 0 Å². The van der Waals surface area contributed by atoms with Gasteiger partial charge in [-0.05, 0) is 60.0 Å². The van der Waals surface area contributed by atoms with Crippen LogP contribution in [0.15, 0.2) is 0 Å². The molecular weight excluding hydrogens is 248 g/mol. The minimum Gasteiger partial charge on any atom is -0.394 e. The smallest absolute Gasteiger partial charge is 0.0611 e. The Labute approximate surface area is 127 Å². The fourth-order valence-electron chi connectivity index (χ4n) is 2.92. The fourth-order valence-corrected chi connectivity index (χ4v) is 2.92. The highest BCUT2D eigenvalue weighted by molar-refractivity contribution is 4.87. The average molecular weight is 287 g/mol. The molecule has 0 amide bonds. The fraction of sp³-hybridized carbons (Fsp3) is 1.00. The van der Waals surface area contributed by atoms with Crippen molar-refractivity contribution < 1.29 is 5.11 Å². The predicted octanol–water partition coefficient (Wildman–Crippen LogP) is 3.42. The quantitative estimate of drug-likeness (QED) is 0.540. The van der Waals surface area contributed by atoms with Crippen molar-refractivity contribution in [2.75, 3.05) is 19.7 Å². The van der Waals surface area contributed by atoms with Gasteiger partial charge in [-0.3, -0.25) is 4.90 Å². The number of aliphatic hydroxyl groups is 1. The largest absolute Gasteiger partial charge is 0.394 e. The number of rotatable bonds is 12. The van der Waals surface area contributed by atoms with Gasteiger partial charge in [0.25, 0.3) is 0 Å². The van der Waals surface area contributed by atoms with Crippen molar-refractivity contribution >= 4 is 0 Å². The van der Waals surface area contributed by atoms with Crippen molar-refractivity contribution in [3.8, 4) is 0 Å². The molecule has 0 heterocycles. The van der Waals surface area contributed by atoms with Gasteiger partial charge in [-0.15, -0.1) is 0 Å². The van der Waals surface area contributed by atoms with Gasteiger partial charge in [0.15, 0.2) is 0 Å². The van der Waals surface area contributed by atoms with Gasteiger partial charge in [0, 0.05) is 17.6 Å². The predicted molar refractivity (Wildman–Crippen MR) is 89.2 cm³/mol. The van der Waals surface area contributed by atoms with Gasteiger partial charge in [0.2, 0.25) is 0 Å². The Morgan fingerprint density at radius 1 is 1.10 bits per heavy atom. The first-order valence-corrected chi connectivity index (χ1v) is 8.51. The van der Waals surface area contributed by atoms with Gasteiger partial charge in [0.05, 0.1) is 6.61 Å². The Balaban J connectivity index is 4.50. The molecule has 3 nitrogen and oxygen atoms in total. The molecule has 0 spiro atoms. The van der Waals surface area contributed by atoms with E-state index >= 15 is 0 Å². The van der Waals surface area contributed by atoms with E-state index in [2.05, 4.69) is 51.8 Å². The summed E-state index contributed by atoms with van der Waals surface area (Å²) in [6, 6.07) is 1.06. The lowest BCUT2D eigenvalue weighted by Gasteiger charge is -2.39. The van der Waals surface area contributed by atoms with Gasteiger partial charge in [-0.1, -0.05) is 26.7 Å². The molecule has 2 unspecified atom stereocenters. The van der Waals surface area contributed by atoms with Crippen molar-refractivity contribution in [1.82, 2.24) is 10.2 Å².